The van der Waals surface area contributed by atoms with E-state index in [0.29, 0.717) is 6.54 Å². The third kappa shape index (κ3) is 2.63. The highest BCUT2D eigenvalue weighted by molar-refractivity contribution is 7.13. The number of hydrogen-bond donors (Lipinski definition) is 0. The number of aromatic nitrogens is 2. The molecule has 0 spiro atoms. The molecule has 0 aliphatic carbocycles. The highest BCUT2D eigenvalue weighted by Gasteiger charge is 2.04. The summed E-state index contributed by atoms with van der Waals surface area (Å²) in [6, 6.07) is 17.2. The molecule has 3 rings (SSSR count). The molecule has 3 nitrogen and oxygen atoms in total. The van der Waals surface area contributed by atoms with Crippen LogP contribution in [0.2, 0.25) is 0 Å². The van der Waals surface area contributed by atoms with Crippen molar-refractivity contribution < 1.29 is 0 Å². The van der Waals surface area contributed by atoms with Crippen molar-refractivity contribution in [2.24, 2.45) is 0 Å². The third-order valence-electron chi connectivity index (χ3n) is 2.82. The fourth-order valence-corrected chi connectivity index (χ4v) is 2.56. The van der Waals surface area contributed by atoms with Crippen LogP contribution in [-0.2, 0) is 6.54 Å². The Hall–Kier alpha value is -2.20. The Labute approximate surface area is 114 Å². The zero-order valence-electron chi connectivity index (χ0n) is 10.2. The maximum Gasteiger partial charge on any atom is 0.267 e. The smallest absolute Gasteiger partial charge is 0.267 e. The Balaban J connectivity index is 1.97. The lowest BCUT2D eigenvalue weighted by Gasteiger charge is -2.06. The van der Waals surface area contributed by atoms with Gasteiger partial charge in [0.15, 0.2) is 0 Å². The zero-order valence-corrected chi connectivity index (χ0v) is 11.0. The van der Waals surface area contributed by atoms with Crippen LogP contribution >= 0.6 is 11.3 Å². The summed E-state index contributed by atoms with van der Waals surface area (Å²) in [6.45, 7) is 0.499. The Kier molecular flexibility index (Phi) is 3.25. The van der Waals surface area contributed by atoms with Gasteiger partial charge in [0.05, 0.1) is 11.4 Å². The van der Waals surface area contributed by atoms with E-state index in [4.69, 9.17) is 0 Å². The van der Waals surface area contributed by atoms with Crippen LogP contribution in [0.5, 0.6) is 0 Å². The van der Waals surface area contributed by atoms with Crippen molar-refractivity contribution in [2.45, 2.75) is 6.54 Å². The lowest BCUT2D eigenvalue weighted by Crippen LogP contribution is -2.22. The van der Waals surface area contributed by atoms with Crippen molar-refractivity contribution in [1.29, 1.82) is 0 Å². The van der Waals surface area contributed by atoms with Crippen LogP contribution < -0.4 is 5.56 Å². The predicted molar refractivity (Wildman–Crippen MR) is 77.4 cm³/mol. The second-order valence-corrected chi connectivity index (χ2v) is 5.13. The number of hydrogen-bond acceptors (Lipinski definition) is 3. The van der Waals surface area contributed by atoms with Gasteiger partial charge in [-0.2, -0.15) is 5.10 Å². The zero-order chi connectivity index (χ0) is 13.1. The molecule has 0 radical (unpaired) electrons. The van der Waals surface area contributed by atoms with Crippen molar-refractivity contribution in [3.05, 3.63) is 75.9 Å². The average Bonchev–Trinajstić information content (AvgIpc) is 2.96. The standard InChI is InChI=1S/C15H12N2OS/c18-15-9-8-13(14-7-4-10-19-14)16-17(15)11-12-5-2-1-3-6-12/h1-10H,11H2. The molecule has 4 heteroatoms. The average molecular weight is 268 g/mol. The van der Waals surface area contributed by atoms with E-state index in [-0.39, 0.29) is 5.56 Å². The summed E-state index contributed by atoms with van der Waals surface area (Å²) in [5, 5.41) is 6.43. The number of rotatable bonds is 3. The molecule has 0 unspecified atom stereocenters. The van der Waals surface area contributed by atoms with Crippen molar-refractivity contribution in [3.63, 3.8) is 0 Å². The van der Waals surface area contributed by atoms with Gasteiger partial charge in [-0.3, -0.25) is 4.79 Å². The molecular formula is C15H12N2OS. The van der Waals surface area contributed by atoms with Crippen molar-refractivity contribution in [1.82, 2.24) is 9.78 Å². The summed E-state index contributed by atoms with van der Waals surface area (Å²) < 4.78 is 1.50. The molecule has 0 amide bonds. The van der Waals surface area contributed by atoms with Gasteiger partial charge in [-0.1, -0.05) is 36.4 Å². The summed E-state index contributed by atoms with van der Waals surface area (Å²) in [5.74, 6) is 0. The highest BCUT2D eigenvalue weighted by Crippen LogP contribution is 2.21. The Morgan fingerprint density at radius 1 is 1.00 bits per heavy atom. The highest BCUT2D eigenvalue weighted by atomic mass is 32.1. The molecule has 0 aliphatic rings. The van der Waals surface area contributed by atoms with Gasteiger partial charge in [0, 0.05) is 6.07 Å². The van der Waals surface area contributed by atoms with Gasteiger partial charge in [0.25, 0.3) is 5.56 Å². The first-order valence-electron chi connectivity index (χ1n) is 5.99. The molecule has 3 aromatic rings. The first-order valence-corrected chi connectivity index (χ1v) is 6.87. The minimum absolute atomic E-state index is 0.0795. The molecule has 2 aromatic heterocycles. The molecule has 0 fully saturated rings. The van der Waals surface area contributed by atoms with Gasteiger partial charge < -0.3 is 0 Å². The topological polar surface area (TPSA) is 34.9 Å². The Morgan fingerprint density at radius 3 is 2.58 bits per heavy atom. The molecule has 0 aliphatic heterocycles. The predicted octanol–water partition coefficient (Wildman–Crippen LogP) is 3.02. The largest absolute Gasteiger partial charge is 0.268 e. The van der Waals surface area contributed by atoms with Gasteiger partial charge in [-0.05, 0) is 23.1 Å². The maximum atomic E-state index is 11.8. The number of nitrogens with zero attached hydrogens (tertiary/aromatic N) is 2. The van der Waals surface area contributed by atoms with E-state index in [0.717, 1.165) is 16.1 Å². The summed E-state index contributed by atoms with van der Waals surface area (Å²) in [5.41, 5.74) is 1.83. The van der Waals surface area contributed by atoms with E-state index in [1.165, 1.54) is 4.68 Å². The summed E-state index contributed by atoms with van der Waals surface area (Å²) in [6.07, 6.45) is 0. The fourth-order valence-electron chi connectivity index (χ4n) is 1.87. The first-order chi connectivity index (χ1) is 9.33. The Morgan fingerprint density at radius 2 is 1.84 bits per heavy atom. The second kappa shape index (κ2) is 5.20. The van der Waals surface area contributed by atoms with Crippen molar-refractivity contribution in [3.8, 4) is 10.6 Å². The van der Waals surface area contributed by atoms with Crippen LogP contribution in [-0.4, -0.2) is 9.78 Å². The van der Waals surface area contributed by atoms with E-state index in [1.807, 2.05) is 47.8 Å². The molecule has 94 valence electrons. The van der Waals surface area contributed by atoms with Crippen molar-refractivity contribution >= 4 is 11.3 Å². The van der Waals surface area contributed by atoms with Gasteiger partial charge in [0.1, 0.15) is 5.69 Å². The Bertz CT molecular complexity index is 717. The quantitative estimate of drug-likeness (QED) is 0.732. The van der Waals surface area contributed by atoms with E-state index in [2.05, 4.69) is 5.10 Å². The molecule has 0 saturated heterocycles. The van der Waals surface area contributed by atoms with Crippen LogP contribution in [0, 0.1) is 0 Å². The van der Waals surface area contributed by atoms with E-state index in [1.54, 1.807) is 23.5 Å². The van der Waals surface area contributed by atoms with Gasteiger partial charge in [-0.25, -0.2) is 4.68 Å². The van der Waals surface area contributed by atoms with Crippen LogP contribution in [0.1, 0.15) is 5.56 Å². The van der Waals surface area contributed by atoms with Gasteiger partial charge >= 0.3 is 0 Å². The summed E-state index contributed by atoms with van der Waals surface area (Å²) in [7, 11) is 0. The fraction of sp³-hybridized carbons (Fsp3) is 0.0667. The second-order valence-electron chi connectivity index (χ2n) is 4.18. The minimum Gasteiger partial charge on any atom is -0.268 e. The number of thiophene rings is 1. The van der Waals surface area contributed by atoms with Gasteiger partial charge in [0.2, 0.25) is 0 Å². The lowest BCUT2D eigenvalue weighted by atomic mass is 10.2. The summed E-state index contributed by atoms with van der Waals surface area (Å²) in [4.78, 5) is 12.9. The molecule has 19 heavy (non-hydrogen) atoms. The molecule has 0 atom stereocenters. The molecule has 0 bridgehead atoms. The van der Waals surface area contributed by atoms with E-state index in [9.17, 15) is 4.79 Å². The first kappa shape index (κ1) is 11.9. The van der Waals surface area contributed by atoms with Crippen LogP contribution in [0.15, 0.2) is 64.8 Å². The number of benzene rings is 1. The molecule has 0 saturated carbocycles. The van der Waals surface area contributed by atoms with E-state index < -0.39 is 0 Å². The molecule has 1 aromatic carbocycles. The third-order valence-corrected chi connectivity index (χ3v) is 3.71. The normalized spacial score (nSPS) is 10.5. The van der Waals surface area contributed by atoms with Gasteiger partial charge in [-0.15, -0.1) is 11.3 Å². The van der Waals surface area contributed by atoms with Crippen LogP contribution in [0.3, 0.4) is 0 Å². The van der Waals surface area contributed by atoms with Crippen molar-refractivity contribution in [2.75, 3.05) is 0 Å². The maximum absolute atomic E-state index is 11.8. The SMILES string of the molecule is O=c1ccc(-c2cccs2)nn1Cc1ccccc1. The van der Waals surface area contributed by atoms with E-state index >= 15 is 0 Å². The lowest BCUT2D eigenvalue weighted by molar-refractivity contribution is 0.643. The molecule has 2 heterocycles. The van der Waals surface area contributed by atoms with Crippen LogP contribution in [0.4, 0.5) is 0 Å². The molecule has 0 N–H and O–H groups in total. The molecular weight excluding hydrogens is 256 g/mol. The van der Waals surface area contributed by atoms with Crippen LogP contribution in [0.25, 0.3) is 10.6 Å². The minimum atomic E-state index is -0.0795. The monoisotopic (exact) mass is 268 g/mol. The summed E-state index contributed by atoms with van der Waals surface area (Å²) >= 11 is 1.62.